The molecule has 0 amide bonds. The summed E-state index contributed by atoms with van der Waals surface area (Å²) in [6.07, 6.45) is 1.79. The van der Waals surface area contributed by atoms with E-state index in [-0.39, 0.29) is 11.7 Å². The van der Waals surface area contributed by atoms with Gasteiger partial charge < -0.3 is 9.30 Å². The number of nitrogens with zero attached hydrogens (tertiary/aromatic N) is 1. The molecule has 1 unspecified atom stereocenters. The van der Waals surface area contributed by atoms with Crippen molar-refractivity contribution in [2.24, 2.45) is 5.92 Å². The van der Waals surface area contributed by atoms with Gasteiger partial charge in [-0.3, -0.25) is 9.59 Å². The highest BCUT2D eigenvalue weighted by molar-refractivity contribution is 6.19. The first-order valence-corrected chi connectivity index (χ1v) is 8.30. The van der Waals surface area contributed by atoms with Crippen LogP contribution in [0.1, 0.15) is 35.5 Å². The molecule has 0 radical (unpaired) electrons. The minimum atomic E-state index is -0.397. The Morgan fingerprint density at radius 3 is 2.54 bits per heavy atom. The first-order chi connectivity index (χ1) is 11.5. The summed E-state index contributed by atoms with van der Waals surface area (Å²) in [5.74, 6) is 0.442. The molecule has 0 bridgehead atoms. The van der Waals surface area contributed by atoms with E-state index in [0.717, 1.165) is 16.8 Å². The van der Waals surface area contributed by atoms with Crippen LogP contribution in [0, 0.1) is 5.92 Å². The van der Waals surface area contributed by atoms with Crippen LogP contribution in [0.2, 0.25) is 0 Å². The number of ether oxygens (including phenoxy) is 1. The quantitative estimate of drug-likeness (QED) is 0.479. The molecule has 1 aromatic heterocycles. The Morgan fingerprint density at radius 1 is 1.25 bits per heavy atom. The molecule has 0 fully saturated rings. The average Bonchev–Trinajstić information content (AvgIpc) is 2.99. The third kappa shape index (κ3) is 3.02. The molecule has 0 aliphatic carbocycles. The van der Waals surface area contributed by atoms with Crippen LogP contribution in [-0.4, -0.2) is 22.2 Å². The molecule has 3 rings (SSSR count). The van der Waals surface area contributed by atoms with Gasteiger partial charge in [0.2, 0.25) is 0 Å². The fourth-order valence-electron chi connectivity index (χ4n) is 3.06. The van der Waals surface area contributed by atoms with Crippen molar-refractivity contribution >= 4 is 34.7 Å². The lowest BCUT2D eigenvalue weighted by molar-refractivity contribution is -0.134. The second-order valence-electron chi connectivity index (χ2n) is 5.88. The molecule has 1 aliphatic rings. The van der Waals surface area contributed by atoms with Gasteiger partial charge in [0.1, 0.15) is 0 Å². The van der Waals surface area contributed by atoms with E-state index in [1.165, 1.54) is 13.8 Å². The molecule has 1 aromatic carbocycles. The largest absolute Gasteiger partial charge is 0.424 e. The van der Waals surface area contributed by atoms with Gasteiger partial charge in [0.15, 0.2) is 11.5 Å². The molecule has 124 valence electrons. The van der Waals surface area contributed by atoms with E-state index >= 15 is 0 Å². The van der Waals surface area contributed by atoms with Gasteiger partial charge >= 0.3 is 5.97 Å². The fraction of sp³-hybridized carbons (Fsp3) is 0.263. The highest BCUT2D eigenvalue weighted by atomic mass is 35.5. The van der Waals surface area contributed by atoms with Crippen molar-refractivity contribution in [3.63, 3.8) is 0 Å². The van der Waals surface area contributed by atoms with Crippen molar-refractivity contribution in [3.05, 3.63) is 59.4 Å². The maximum atomic E-state index is 11.7. The molecule has 0 N–H and O–H groups in total. The van der Waals surface area contributed by atoms with Crippen LogP contribution in [0.15, 0.2) is 42.6 Å². The predicted molar refractivity (Wildman–Crippen MR) is 93.7 cm³/mol. The third-order valence-corrected chi connectivity index (χ3v) is 4.50. The van der Waals surface area contributed by atoms with E-state index in [4.69, 9.17) is 16.3 Å². The van der Waals surface area contributed by atoms with Gasteiger partial charge in [-0.25, -0.2) is 0 Å². The van der Waals surface area contributed by atoms with E-state index in [2.05, 4.69) is 0 Å². The second-order valence-corrected chi connectivity index (χ2v) is 6.18. The van der Waals surface area contributed by atoms with E-state index in [1.54, 1.807) is 12.3 Å². The molecule has 1 atom stereocenters. The number of carbonyl (C=O) groups excluding carboxylic acids is 2. The summed E-state index contributed by atoms with van der Waals surface area (Å²) in [6.45, 7) is 3.54. The van der Waals surface area contributed by atoms with Crippen LogP contribution < -0.4 is 0 Å². The van der Waals surface area contributed by atoms with Gasteiger partial charge in [-0.1, -0.05) is 30.3 Å². The number of aromatic nitrogens is 1. The summed E-state index contributed by atoms with van der Waals surface area (Å²) in [7, 11) is 0. The Bertz CT molecular complexity index is 820. The number of Topliss-reactive ketones (excluding diaryl/α,β-unsaturated/α-hetero) is 1. The zero-order valence-electron chi connectivity index (χ0n) is 13.6. The number of carbonyl (C=O) groups is 2. The molecule has 0 spiro atoms. The lowest BCUT2D eigenvalue weighted by Gasteiger charge is -2.28. The van der Waals surface area contributed by atoms with Crippen molar-refractivity contribution in [2.45, 2.75) is 20.4 Å². The van der Waals surface area contributed by atoms with Crippen molar-refractivity contribution in [1.82, 2.24) is 4.57 Å². The van der Waals surface area contributed by atoms with E-state index < -0.39 is 5.97 Å². The predicted octanol–water partition coefficient (Wildman–Crippen LogP) is 3.99. The average molecular weight is 344 g/mol. The summed E-state index contributed by atoms with van der Waals surface area (Å²) < 4.78 is 7.50. The van der Waals surface area contributed by atoms with Crippen LogP contribution in [0.5, 0.6) is 0 Å². The summed E-state index contributed by atoms with van der Waals surface area (Å²) in [5.41, 5.74) is 3.20. The molecule has 4 nitrogen and oxygen atoms in total. The number of alkyl halides is 1. The van der Waals surface area contributed by atoms with E-state index in [1.807, 2.05) is 34.9 Å². The minimum Gasteiger partial charge on any atom is -0.424 e. The first-order valence-electron chi connectivity index (χ1n) is 7.76. The van der Waals surface area contributed by atoms with Gasteiger partial charge in [-0.2, -0.15) is 0 Å². The highest BCUT2D eigenvalue weighted by Gasteiger charge is 2.31. The molecule has 5 heteroatoms. The fourth-order valence-corrected chi connectivity index (χ4v) is 3.31. The highest BCUT2D eigenvalue weighted by Crippen LogP contribution is 2.39. The van der Waals surface area contributed by atoms with Crippen LogP contribution in [0.25, 0.3) is 11.3 Å². The molecule has 2 aromatic rings. The Hall–Kier alpha value is -2.33. The van der Waals surface area contributed by atoms with Crippen molar-refractivity contribution in [1.29, 1.82) is 0 Å². The zero-order valence-corrected chi connectivity index (χ0v) is 14.3. The summed E-state index contributed by atoms with van der Waals surface area (Å²) >= 11 is 6.21. The number of ketones is 1. The molecule has 24 heavy (non-hydrogen) atoms. The van der Waals surface area contributed by atoms with Crippen LogP contribution >= 0.6 is 11.6 Å². The second kappa shape index (κ2) is 6.65. The Balaban J connectivity index is 2.24. The van der Waals surface area contributed by atoms with Crippen molar-refractivity contribution < 1.29 is 14.3 Å². The maximum absolute atomic E-state index is 11.7. The number of esters is 1. The number of benzene rings is 1. The number of hydrogen-bond acceptors (Lipinski definition) is 3. The van der Waals surface area contributed by atoms with Gasteiger partial charge in [-0.15, -0.1) is 11.6 Å². The van der Waals surface area contributed by atoms with Gasteiger partial charge in [0, 0.05) is 42.6 Å². The smallest absolute Gasteiger partial charge is 0.308 e. The topological polar surface area (TPSA) is 48.3 Å². The van der Waals surface area contributed by atoms with Crippen molar-refractivity contribution in [2.75, 3.05) is 5.88 Å². The summed E-state index contributed by atoms with van der Waals surface area (Å²) in [6, 6.07) is 11.5. The zero-order chi connectivity index (χ0) is 17.3. The molecule has 0 saturated heterocycles. The molecular formula is C19H18ClNO3. The Morgan fingerprint density at radius 2 is 1.96 bits per heavy atom. The van der Waals surface area contributed by atoms with E-state index in [9.17, 15) is 9.59 Å². The number of halogens is 1. The standard InChI is InChI=1S/C19H18ClNO3/c1-12(22)15-8-17-19(24-13(2)23)18(14-6-4-3-5-7-14)16(9-20)11-21(17)10-15/h3-8,10,16H,9,11H2,1-2H3. The summed E-state index contributed by atoms with van der Waals surface area (Å²) in [5, 5.41) is 0. The normalized spacial score (nSPS) is 16.7. The van der Waals surface area contributed by atoms with Gasteiger partial charge in [0.25, 0.3) is 0 Å². The van der Waals surface area contributed by atoms with E-state index in [0.29, 0.717) is 23.7 Å². The lowest BCUT2D eigenvalue weighted by atomic mass is 9.89. The van der Waals surface area contributed by atoms with Gasteiger partial charge in [0.05, 0.1) is 5.69 Å². The molecule has 2 heterocycles. The SMILES string of the molecule is CC(=O)OC1=C(c2ccccc2)C(CCl)Cn2cc(C(C)=O)cc21. The van der Waals surface area contributed by atoms with Crippen LogP contribution in [0.3, 0.4) is 0 Å². The molecular weight excluding hydrogens is 326 g/mol. The lowest BCUT2D eigenvalue weighted by Crippen LogP contribution is -2.23. The third-order valence-electron chi connectivity index (χ3n) is 4.12. The Labute approximate surface area is 145 Å². The van der Waals surface area contributed by atoms with Gasteiger partial charge in [-0.05, 0) is 18.6 Å². The number of rotatable bonds is 4. The summed E-state index contributed by atoms with van der Waals surface area (Å²) in [4.78, 5) is 23.4. The molecule has 0 saturated carbocycles. The van der Waals surface area contributed by atoms with Crippen molar-refractivity contribution in [3.8, 4) is 0 Å². The number of hydrogen-bond donors (Lipinski definition) is 0. The van der Waals surface area contributed by atoms with Crippen LogP contribution in [0.4, 0.5) is 0 Å². The number of fused-ring (bicyclic) bond motifs is 1. The first kappa shape index (κ1) is 16.5. The molecule has 1 aliphatic heterocycles. The number of allylic oxidation sites excluding steroid dienone is 1. The van der Waals surface area contributed by atoms with Crippen LogP contribution in [-0.2, 0) is 16.1 Å². The minimum absolute atomic E-state index is 0.0110. The maximum Gasteiger partial charge on any atom is 0.308 e. The Kier molecular flexibility index (Phi) is 4.58. The monoisotopic (exact) mass is 343 g/mol.